The fourth-order valence-corrected chi connectivity index (χ4v) is 2.56. The molecule has 0 aromatic heterocycles. The number of hydrogen-bond donors (Lipinski definition) is 0. The van der Waals surface area contributed by atoms with Gasteiger partial charge in [-0.05, 0) is 30.4 Å². The van der Waals surface area contributed by atoms with E-state index in [1.807, 2.05) is 0 Å². The van der Waals surface area contributed by atoms with Gasteiger partial charge in [-0.2, -0.15) is 0 Å². The third kappa shape index (κ3) is 1.94. The van der Waals surface area contributed by atoms with Crippen LogP contribution in [0.3, 0.4) is 0 Å². The average molecular weight is 218 g/mol. The van der Waals surface area contributed by atoms with Crippen LogP contribution in [-0.2, 0) is 9.47 Å². The summed E-state index contributed by atoms with van der Waals surface area (Å²) in [5, 5.41) is 0. The van der Waals surface area contributed by atoms with Gasteiger partial charge in [-0.25, -0.2) is 0 Å². The van der Waals surface area contributed by atoms with Gasteiger partial charge >= 0.3 is 0 Å². The van der Waals surface area contributed by atoms with Gasteiger partial charge in [0.25, 0.3) is 0 Å². The van der Waals surface area contributed by atoms with Crippen molar-refractivity contribution in [3.8, 4) is 0 Å². The first-order valence-electron chi connectivity index (χ1n) is 6.17. The predicted molar refractivity (Wildman–Crippen MR) is 62.9 cm³/mol. The van der Waals surface area contributed by atoms with Gasteiger partial charge in [-0.15, -0.1) is 0 Å². The van der Waals surface area contributed by atoms with E-state index in [0.717, 1.165) is 19.0 Å². The molecule has 0 bridgehead atoms. The van der Waals surface area contributed by atoms with E-state index in [1.165, 1.54) is 18.4 Å². The molecule has 2 unspecified atom stereocenters. The molecule has 0 spiro atoms. The molecule has 1 aliphatic heterocycles. The Morgan fingerprint density at radius 3 is 3.12 bits per heavy atom. The third-order valence-corrected chi connectivity index (χ3v) is 3.71. The Morgan fingerprint density at radius 1 is 1.44 bits per heavy atom. The standard InChI is InChI=1S/C14H18O2/c1-10-13-5-3-2-4-11(13)6-7-14(10)16-9-12-8-15-12/h2,4,6-7,10,12-13H,3,5,8-9H2,1H3/t10?,12-,13?/m0/s1. The van der Waals surface area contributed by atoms with E-state index in [2.05, 4.69) is 31.2 Å². The van der Waals surface area contributed by atoms with Crippen LogP contribution in [0.15, 0.2) is 35.6 Å². The molecule has 86 valence electrons. The topological polar surface area (TPSA) is 21.8 Å². The van der Waals surface area contributed by atoms with Crippen molar-refractivity contribution in [3.63, 3.8) is 0 Å². The van der Waals surface area contributed by atoms with E-state index in [9.17, 15) is 0 Å². The van der Waals surface area contributed by atoms with Gasteiger partial charge in [-0.3, -0.25) is 0 Å². The molecule has 3 atom stereocenters. The van der Waals surface area contributed by atoms with Gasteiger partial charge in [0, 0.05) is 5.92 Å². The minimum absolute atomic E-state index is 0.352. The van der Waals surface area contributed by atoms with Gasteiger partial charge in [0.05, 0.1) is 12.4 Å². The highest BCUT2D eigenvalue weighted by molar-refractivity contribution is 5.35. The largest absolute Gasteiger partial charge is 0.495 e. The Labute approximate surface area is 96.6 Å². The zero-order valence-corrected chi connectivity index (χ0v) is 9.69. The van der Waals surface area contributed by atoms with Gasteiger partial charge in [0.2, 0.25) is 0 Å². The molecule has 3 rings (SSSR count). The Balaban J connectivity index is 1.71. The second-order valence-corrected chi connectivity index (χ2v) is 4.88. The fraction of sp³-hybridized carbons (Fsp3) is 0.571. The molecule has 0 saturated carbocycles. The second kappa shape index (κ2) is 4.10. The number of ether oxygens (including phenoxy) is 2. The maximum Gasteiger partial charge on any atom is 0.116 e. The maximum absolute atomic E-state index is 5.84. The van der Waals surface area contributed by atoms with E-state index in [4.69, 9.17) is 9.47 Å². The van der Waals surface area contributed by atoms with E-state index < -0.39 is 0 Å². The molecule has 1 fully saturated rings. The molecular formula is C14H18O2. The van der Waals surface area contributed by atoms with Crippen molar-refractivity contribution in [1.29, 1.82) is 0 Å². The third-order valence-electron chi connectivity index (χ3n) is 3.71. The van der Waals surface area contributed by atoms with E-state index in [0.29, 0.717) is 17.9 Å². The lowest BCUT2D eigenvalue weighted by Gasteiger charge is -2.31. The first-order chi connectivity index (χ1) is 7.84. The van der Waals surface area contributed by atoms with Crippen molar-refractivity contribution >= 4 is 0 Å². The average Bonchev–Trinajstić information content (AvgIpc) is 3.13. The summed E-state index contributed by atoms with van der Waals surface area (Å²) in [5.41, 5.74) is 1.47. The molecule has 0 radical (unpaired) electrons. The highest BCUT2D eigenvalue weighted by Crippen LogP contribution is 2.38. The normalized spacial score (nSPS) is 36.2. The van der Waals surface area contributed by atoms with Gasteiger partial charge in [-0.1, -0.05) is 25.2 Å². The lowest BCUT2D eigenvalue weighted by atomic mass is 9.76. The molecule has 2 heteroatoms. The van der Waals surface area contributed by atoms with E-state index in [1.54, 1.807) is 0 Å². The molecule has 3 aliphatic rings. The van der Waals surface area contributed by atoms with Crippen molar-refractivity contribution in [2.24, 2.45) is 11.8 Å². The number of allylic oxidation sites excluding steroid dienone is 6. The summed E-state index contributed by atoms with van der Waals surface area (Å²) in [5.74, 6) is 2.31. The van der Waals surface area contributed by atoms with Crippen LogP contribution in [0.5, 0.6) is 0 Å². The lowest BCUT2D eigenvalue weighted by Crippen LogP contribution is -2.22. The molecule has 1 heterocycles. The first-order valence-corrected chi connectivity index (χ1v) is 6.17. The highest BCUT2D eigenvalue weighted by atomic mass is 16.6. The van der Waals surface area contributed by atoms with Crippen LogP contribution >= 0.6 is 0 Å². The highest BCUT2D eigenvalue weighted by Gasteiger charge is 2.30. The Hall–Kier alpha value is -1.02. The molecule has 16 heavy (non-hydrogen) atoms. The predicted octanol–water partition coefficient (Wildman–Crippen LogP) is 2.83. The summed E-state index contributed by atoms with van der Waals surface area (Å²) in [6.45, 7) is 3.87. The summed E-state index contributed by atoms with van der Waals surface area (Å²) in [6.07, 6.45) is 11.7. The van der Waals surface area contributed by atoms with E-state index in [-0.39, 0.29) is 0 Å². The molecule has 0 N–H and O–H groups in total. The van der Waals surface area contributed by atoms with Gasteiger partial charge < -0.3 is 9.47 Å². The monoisotopic (exact) mass is 218 g/mol. The van der Waals surface area contributed by atoms with Crippen LogP contribution in [0.25, 0.3) is 0 Å². The maximum atomic E-state index is 5.84. The molecule has 2 aliphatic carbocycles. The smallest absolute Gasteiger partial charge is 0.116 e. The number of epoxide rings is 1. The summed E-state index contributed by atoms with van der Waals surface area (Å²) >= 11 is 0. The van der Waals surface area contributed by atoms with Crippen molar-refractivity contribution in [2.75, 3.05) is 13.2 Å². The van der Waals surface area contributed by atoms with Crippen LogP contribution in [-0.4, -0.2) is 19.3 Å². The molecule has 1 saturated heterocycles. The van der Waals surface area contributed by atoms with Gasteiger partial charge in [0.15, 0.2) is 0 Å². The minimum atomic E-state index is 0.352. The molecular weight excluding hydrogens is 200 g/mol. The quantitative estimate of drug-likeness (QED) is 0.679. The zero-order chi connectivity index (χ0) is 11.0. The van der Waals surface area contributed by atoms with Crippen LogP contribution in [0.2, 0.25) is 0 Å². The Bertz CT molecular complexity index is 361. The van der Waals surface area contributed by atoms with Crippen molar-refractivity contribution in [2.45, 2.75) is 25.9 Å². The molecule has 0 aromatic rings. The van der Waals surface area contributed by atoms with Crippen molar-refractivity contribution < 1.29 is 9.47 Å². The summed E-state index contributed by atoms with van der Waals surface area (Å²) < 4.78 is 11.0. The second-order valence-electron chi connectivity index (χ2n) is 4.88. The van der Waals surface area contributed by atoms with Crippen LogP contribution in [0.1, 0.15) is 19.8 Å². The van der Waals surface area contributed by atoms with Crippen molar-refractivity contribution in [3.05, 3.63) is 35.6 Å². The summed E-state index contributed by atoms with van der Waals surface area (Å²) in [6, 6.07) is 0. The Kier molecular flexibility index (Phi) is 2.60. The molecule has 0 aromatic carbocycles. The SMILES string of the molecule is CC1C(OC[C@@H]2CO2)=CC=C2C=CCCC21. The zero-order valence-electron chi connectivity index (χ0n) is 9.69. The lowest BCUT2D eigenvalue weighted by molar-refractivity contribution is 0.143. The molecule has 0 amide bonds. The fourth-order valence-electron chi connectivity index (χ4n) is 2.56. The first kappa shape index (κ1) is 10.2. The minimum Gasteiger partial charge on any atom is -0.495 e. The summed E-state index contributed by atoms with van der Waals surface area (Å²) in [4.78, 5) is 0. The van der Waals surface area contributed by atoms with E-state index >= 15 is 0 Å². The number of fused-ring (bicyclic) bond motifs is 1. The van der Waals surface area contributed by atoms with Gasteiger partial charge in [0.1, 0.15) is 12.7 Å². The van der Waals surface area contributed by atoms with Crippen molar-refractivity contribution in [1.82, 2.24) is 0 Å². The number of hydrogen-bond acceptors (Lipinski definition) is 2. The van der Waals surface area contributed by atoms with Crippen LogP contribution in [0.4, 0.5) is 0 Å². The van der Waals surface area contributed by atoms with Crippen LogP contribution in [0, 0.1) is 11.8 Å². The van der Waals surface area contributed by atoms with Crippen LogP contribution < -0.4 is 0 Å². The Morgan fingerprint density at radius 2 is 2.31 bits per heavy atom. The molecule has 2 nitrogen and oxygen atoms in total. The number of rotatable bonds is 3. The summed E-state index contributed by atoms with van der Waals surface area (Å²) in [7, 11) is 0.